The van der Waals surface area contributed by atoms with Crippen LogP contribution in [0, 0.1) is 12.7 Å². The zero-order chi connectivity index (χ0) is 19.5. The molecule has 1 N–H and O–H groups in total. The van der Waals surface area contributed by atoms with Gasteiger partial charge in [0.1, 0.15) is 11.6 Å². The average molecular weight is 372 g/mol. The van der Waals surface area contributed by atoms with Crippen LogP contribution in [0.15, 0.2) is 72.8 Å². The Hall–Kier alpha value is -3.47. The normalized spacial score (nSPS) is 10.8. The highest BCUT2D eigenvalue weighted by molar-refractivity contribution is 5.90. The summed E-state index contributed by atoms with van der Waals surface area (Å²) in [5, 5.41) is 4.37. The Morgan fingerprint density at radius 1 is 0.929 bits per heavy atom. The second-order valence-corrected chi connectivity index (χ2v) is 6.77. The highest BCUT2D eigenvalue weighted by Gasteiger charge is 2.13. The second-order valence-electron chi connectivity index (χ2n) is 6.77. The van der Waals surface area contributed by atoms with E-state index in [1.54, 1.807) is 4.90 Å². The maximum absolute atomic E-state index is 13.9. The summed E-state index contributed by atoms with van der Waals surface area (Å²) in [5.41, 5.74) is 3.57. The number of hydrogen-bond donors (Lipinski definition) is 1. The minimum absolute atomic E-state index is 0.273. The van der Waals surface area contributed by atoms with Gasteiger partial charge in [0.25, 0.3) is 0 Å². The first-order chi connectivity index (χ1) is 13.6. The van der Waals surface area contributed by atoms with Gasteiger partial charge in [-0.05, 0) is 48.4 Å². The highest BCUT2D eigenvalue weighted by Crippen LogP contribution is 2.28. The summed E-state index contributed by atoms with van der Waals surface area (Å²) in [6.45, 7) is 2.53. The molecule has 4 nitrogen and oxygen atoms in total. The largest absolute Gasteiger partial charge is 0.365 e. The van der Waals surface area contributed by atoms with E-state index in [1.165, 1.54) is 17.7 Å². The molecule has 28 heavy (non-hydrogen) atoms. The Balaban J connectivity index is 1.72. The molecule has 0 radical (unpaired) electrons. The molecular weight excluding hydrogens is 351 g/mol. The van der Waals surface area contributed by atoms with E-state index >= 15 is 0 Å². The monoisotopic (exact) mass is 372 g/mol. The predicted molar refractivity (Wildman–Crippen MR) is 113 cm³/mol. The van der Waals surface area contributed by atoms with Crippen LogP contribution in [0.25, 0.3) is 10.9 Å². The Kier molecular flexibility index (Phi) is 4.89. The lowest BCUT2D eigenvalue weighted by Gasteiger charge is -2.20. The zero-order valence-corrected chi connectivity index (χ0v) is 15.9. The van der Waals surface area contributed by atoms with Gasteiger partial charge >= 0.3 is 0 Å². The molecule has 0 spiro atoms. The first-order valence-corrected chi connectivity index (χ1v) is 9.16. The van der Waals surface area contributed by atoms with E-state index in [4.69, 9.17) is 4.98 Å². The number of rotatable bonds is 5. The molecule has 0 aliphatic heterocycles. The van der Waals surface area contributed by atoms with Crippen LogP contribution in [-0.2, 0) is 6.54 Å². The van der Waals surface area contributed by atoms with Gasteiger partial charge in [0.05, 0.1) is 5.52 Å². The van der Waals surface area contributed by atoms with Crippen molar-refractivity contribution in [1.82, 2.24) is 9.97 Å². The maximum atomic E-state index is 13.9. The minimum atomic E-state index is -0.273. The van der Waals surface area contributed by atoms with Gasteiger partial charge < -0.3 is 10.2 Å². The summed E-state index contributed by atoms with van der Waals surface area (Å²) in [7, 11) is 1.85. The molecule has 0 bridgehead atoms. The van der Waals surface area contributed by atoms with Crippen LogP contribution in [0.5, 0.6) is 0 Å². The predicted octanol–water partition coefficient (Wildman–Crippen LogP) is 5.46. The van der Waals surface area contributed by atoms with Crippen molar-refractivity contribution in [3.05, 3.63) is 89.7 Å². The van der Waals surface area contributed by atoms with E-state index in [-0.39, 0.29) is 5.82 Å². The summed E-state index contributed by atoms with van der Waals surface area (Å²) in [4.78, 5) is 11.2. The van der Waals surface area contributed by atoms with Crippen LogP contribution in [0.1, 0.15) is 11.1 Å². The van der Waals surface area contributed by atoms with Crippen molar-refractivity contribution in [3.8, 4) is 0 Å². The maximum Gasteiger partial charge on any atom is 0.232 e. The average Bonchev–Trinajstić information content (AvgIpc) is 2.71. The third-order valence-electron chi connectivity index (χ3n) is 4.61. The topological polar surface area (TPSA) is 41.1 Å². The van der Waals surface area contributed by atoms with Crippen molar-refractivity contribution in [1.29, 1.82) is 0 Å². The smallest absolute Gasteiger partial charge is 0.232 e. The van der Waals surface area contributed by atoms with Crippen molar-refractivity contribution in [2.24, 2.45) is 0 Å². The number of nitrogens with zero attached hydrogens (tertiary/aromatic N) is 3. The van der Waals surface area contributed by atoms with E-state index in [2.05, 4.69) is 22.4 Å². The number of nitrogens with one attached hydrogen (secondary N) is 1. The molecule has 4 rings (SSSR count). The van der Waals surface area contributed by atoms with Crippen LogP contribution in [0.4, 0.5) is 21.8 Å². The van der Waals surface area contributed by atoms with Gasteiger partial charge in [-0.2, -0.15) is 4.98 Å². The van der Waals surface area contributed by atoms with Crippen LogP contribution in [0.2, 0.25) is 0 Å². The fourth-order valence-electron chi connectivity index (χ4n) is 3.16. The van der Waals surface area contributed by atoms with Crippen molar-refractivity contribution in [2.75, 3.05) is 17.3 Å². The van der Waals surface area contributed by atoms with Crippen molar-refractivity contribution < 1.29 is 4.39 Å². The van der Waals surface area contributed by atoms with Crippen LogP contribution in [0.3, 0.4) is 0 Å². The number of fused-ring (bicyclic) bond motifs is 1. The van der Waals surface area contributed by atoms with Gasteiger partial charge in [0, 0.05) is 24.7 Å². The van der Waals surface area contributed by atoms with Crippen molar-refractivity contribution in [2.45, 2.75) is 13.5 Å². The summed E-state index contributed by atoms with van der Waals surface area (Å²) >= 11 is 0. The molecule has 0 aliphatic rings. The van der Waals surface area contributed by atoms with Gasteiger partial charge in [0.15, 0.2) is 0 Å². The van der Waals surface area contributed by atoms with Gasteiger partial charge in [-0.15, -0.1) is 0 Å². The van der Waals surface area contributed by atoms with E-state index in [0.29, 0.717) is 18.2 Å². The molecule has 1 aromatic heterocycles. The molecule has 5 heteroatoms. The van der Waals surface area contributed by atoms with E-state index in [9.17, 15) is 4.39 Å². The molecule has 1 heterocycles. The Labute approximate surface area is 163 Å². The lowest BCUT2D eigenvalue weighted by molar-refractivity contribution is 0.626. The molecule has 0 saturated carbocycles. The van der Waals surface area contributed by atoms with E-state index in [0.717, 1.165) is 22.3 Å². The zero-order valence-electron chi connectivity index (χ0n) is 15.9. The fourth-order valence-corrected chi connectivity index (χ4v) is 3.16. The molecule has 140 valence electrons. The molecule has 0 atom stereocenters. The number of hydrogen-bond acceptors (Lipinski definition) is 4. The van der Waals surface area contributed by atoms with Gasteiger partial charge in [-0.25, -0.2) is 9.37 Å². The lowest BCUT2D eigenvalue weighted by atomic mass is 10.2. The van der Waals surface area contributed by atoms with Gasteiger partial charge in [0.2, 0.25) is 5.95 Å². The molecular formula is C23H21FN4. The van der Waals surface area contributed by atoms with Gasteiger partial charge in [-0.3, -0.25) is 0 Å². The van der Waals surface area contributed by atoms with Crippen molar-refractivity contribution in [3.63, 3.8) is 0 Å². The van der Waals surface area contributed by atoms with E-state index < -0.39 is 0 Å². The van der Waals surface area contributed by atoms with E-state index in [1.807, 2.05) is 62.5 Å². The Bertz CT molecular complexity index is 1090. The summed E-state index contributed by atoms with van der Waals surface area (Å²) in [5.74, 6) is 0.994. The number of aromatic nitrogens is 2. The van der Waals surface area contributed by atoms with Crippen LogP contribution in [-0.4, -0.2) is 17.0 Å². The minimum Gasteiger partial charge on any atom is -0.365 e. The fraction of sp³-hybridized carbons (Fsp3) is 0.130. The molecule has 0 saturated heterocycles. The third-order valence-corrected chi connectivity index (χ3v) is 4.61. The van der Waals surface area contributed by atoms with Crippen molar-refractivity contribution >= 4 is 28.4 Å². The van der Waals surface area contributed by atoms with Crippen LogP contribution < -0.4 is 10.2 Å². The summed E-state index contributed by atoms with van der Waals surface area (Å²) < 4.78 is 13.9. The summed E-state index contributed by atoms with van der Waals surface area (Å²) in [6.07, 6.45) is 0. The first-order valence-electron chi connectivity index (χ1n) is 9.16. The van der Waals surface area contributed by atoms with Crippen LogP contribution >= 0.6 is 0 Å². The number of para-hydroxylation sites is 1. The molecule has 0 fully saturated rings. The number of anilines is 3. The quantitative estimate of drug-likeness (QED) is 0.505. The van der Waals surface area contributed by atoms with Gasteiger partial charge in [-0.1, -0.05) is 42.5 Å². The Morgan fingerprint density at radius 3 is 2.46 bits per heavy atom. The molecule has 4 aromatic rings. The SMILES string of the molecule is Cc1cc(F)cc(N(C)c2nc(NCc3ccccc3)c3ccccc3n2)c1. The number of aryl methyl sites for hydroxylation is 1. The molecule has 0 amide bonds. The lowest BCUT2D eigenvalue weighted by Crippen LogP contribution is -2.15. The molecule has 0 aliphatic carbocycles. The standard InChI is InChI=1S/C23H21FN4/c1-16-12-18(24)14-19(13-16)28(2)23-26-21-11-7-6-10-20(21)22(27-23)25-15-17-8-4-3-5-9-17/h3-14H,15H2,1-2H3,(H,25,26,27). The Morgan fingerprint density at radius 2 is 1.68 bits per heavy atom. The molecule has 3 aromatic carbocycles. The number of benzene rings is 3. The summed E-state index contributed by atoms with van der Waals surface area (Å²) in [6, 6.07) is 23.0. The molecule has 0 unspecified atom stereocenters. The number of halogens is 1. The third kappa shape index (κ3) is 3.78. The first kappa shape index (κ1) is 17.9. The highest BCUT2D eigenvalue weighted by atomic mass is 19.1. The second kappa shape index (κ2) is 7.64.